The third kappa shape index (κ3) is 1.43. The molecule has 0 aromatic heterocycles. The molecular weight excluding hydrogens is 284 g/mol. The van der Waals surface area contributed by atoms with E-state index in [0.29, 0.717) is 11.8 Å². The molecule has 6 heteroatoms. The van der Waals surface area contributed by atoms with Gasteiger partial charge in [0.25, 0.3) is 5.91 Å². The van der Waals surface area contributed by atoms with Crippen molar-refractivity contribution in [3.05, 3.63) is 29.3 Å². The van der Waals surface area contributed by atoms with Crippen molar-refractivity contribution in [2.45, 2.75) is 18.4 Å². The van der Waals surface area contributed by atoms with Gasteiger partial charge in [0.15, 0.2) is 0 Å². The summed E-state index contributed by atoms with van der Waals surface area (Å²) in [6.45, 7) is 3.81. The fraction of sp³-hybridized carbons (Fsp3) is 0.500. The molecule has 1 aromatic carbocycles. The number of nitrogens with one attached hydrogen (secondary N) is 1. The van der Waals surface area contributed by atoms with Crippen LogP contribution >= 0.6 is 0 Å². The number of fused-ring (bicyclic) bond motifs is 2. The summed E-state index contributed by atoms with van der Waals surface area (Å²) in [6.07, 6.45) is 0.643. The van der Waals surface area contributed by atoms with Crippen molar-refractivity contribution in [3.8, 4) is 0 Å². The summed E-state index contributed by atoms with van der Waals surface area (Å²) < 4.78 is 10.6. The maximum atomic E-state index is 12.1. The molecule has 1 N–H and O–H groups in total. The van der Waals surface area contributed by atoms with E-state index >= 15 is 0 Å². The van der Waals surface area contributed by atoms with Crippen LogP contribution in [-0.2, 0) is 26.3 Å². The summed E-state index contributed by atoms with van der Waals surface area (Å²) >= 11 is 0. The summed E-state index contributed by atoms with van der Waals surface area (Å²) in [5.41, 5.74) is 2.40. The number of carbonyl (C=O) groups excluding carboxylic acids is 2. The Kier molecular flexibility index (Phi) is 2.16. The second-order valence-corrected chi connectivity index (χ2v) is 6.86. The van der Waals surface area contributed by atoms with Crippen molar-refractivity contribution in [2.75, 3.05) is 31.2 Å². The van der Waals surface area contributed by atoms with Crippen LogP contribution < -0.4 is 10.2 Å². The lowest BCUT2D eigenvalue weighted by Crippen LogP contribution is -2.66. The molecule has 6 nitrogen and oxygen atoms in total. The molecule has 1 unspecified atom stereocenters. The number of hydrogen-bond acceptors (Lipinski definition) is 5. The SMILES string of the molecule is O=C1NC(=O)C2(CCc3cc(N4CC5(COC5)C4)ccc32)O1. The first kappa shape index (κ1) is 12.5. The molecule has 22 heavy (non-hydrogen) atoms. The molecular formula is C16H16N2O4. The van der Waals surface area contributed by atoms with Crippen molar-refractivity contribution < 1.29 is 19.1 Å². The first-order chi connectivity index (χ1) is 10.6. The molecule has 5 rings (SSSR count). The average molecular weight is 300 g/mol. The Morgan fingerprint density at radius 1 is 1.18 bits per heavy atom. The van der Waals surface area contributed by atoms with Crippen molar-refractivity contribution in [1.82, 2.24) is 5.32 Å². The highest BCUT2D eigenvalue weighted by Crippen LogP contribution is 2.46. The van der Waals surface area contributed by atoms with Crippen LogP contribution in [0.3, 0.4) is 0 Å². The first-order valence-electron chi connectivity index (χ1n) is 7.61. The highest BCUT2D eigenvalue weighted by atomic mass is 16.6. The van der Waals surface area contributed by atoms with E-state index in [4.69, 9.17) is 9.47 Å². The van der Waals surface area contributed by atoms with Crippen LogP contribution in [-0.4, -0.2) is 38.3 Å². The predicted octanol–water partition coefficient (Wildman–Crippen LogP) is 0.931. The Hall–Kier alpha value is -2.08. The molecule has 0 saturated carbocycles. The lowest BCUT2D eigenvalue weighted by molar-refractivity contribution is -0.131. The molecule has 4 aliphatic rings. The summed E-state index contributed by atoms with van der Waals surface area (Å²) in [5.74, 6) is -0.335. The zero-order valence-corrected chi connectivity index (χ0v) is 12.1. The van der Waals surface area contributed by atoms with Crippen LogP contribution in [0.5, 0.6) is 0 Å². The number of carbonyl (C=O) groups is 2. The third-order valence-corrected chi connectivity index (χ3v) is 5.35. The van der Waals surface area contributed by atoms with Gasteiger partial charge in [-0.1, -0.05) is 6.07 Å². The van der Waals surface area contributed by atoms with Gasteiger partial charge in [0, 0.05) is 30.8 Å². The molecule has 1 aliphatic carbocycles. The van der Waals surface area contributed by atoms with Crippen LogP contribution in [0.1, 0.15) is 17.5 Å². The highest BCUT2D eigenvalue weighted by molar-refractivity contribution is 6.04. The first-order valence-corrected chi connectivity index (χ1v) is 7.61. The lowest BCUT2D eigenvalue weighted by atomic mass is 9.77. The molecule has 3 heterocycles. The van der Waals surface area contributed by atoms with E-state index in [9.17, 15) is 9.59 Å². The highest BCUT2D eigenvalue weighted by Gasteiger charge is 2.54. The number of ether oxygens (including phenoxy) is 2. The summed E-state index contributed by atoms with van der Waals surface area (Å²) in [4.78, 5) is 25.8. The second-order valence-electron chi connectivity index (χ2n) is 6.86. The fourth-order valence-corrected chi connectivity index (χ4v) is 4.11. The lowest BCUT2D eigenvalue weighted by Gasteiger charge is -2.56. The van der Waals surface area contributed by atoms with Gasteiger partial charge in [-0.05, 0) is 24.1 Å². The van der Waals surface area contributed by atoms with Gasteiger partial charge in [0.1, 0.15) is 0 Å². The quantitative estimate of drug-likeness (QED) is 0.836. The van der Waals surface area contributed by atoms with E-state index in [-0.39, 0.29) is 5.91 Å². The molecule has 2 amide bonds. The fourth-order valence-electron chi connectivity index (χ4n) is 4.11. The van der Waals surface area contributed by atoms with Gasteiger partial charge in [-0.2, -0.15) is 0 Å². The topological polar surface area (TPSA) is 67.9 Å². The molecule has 1 aromatic rings. The molecule has 114 valence electrons. The maximum absolute atomic E-state index is 12.1. The van der Waals surface area contributed by atoms with Gasteiger partial charge >= 0.3 is 6.09 Å². The summed E-state index contributed by atoms with van der Waals surface area (Å²) in [5, 5.41) is 2.25. The standard InChI is InChI=1S/C16H16N2O4/c19-13-16(22-14(20)17-13)4-3-10-5-11(1-2-12(10)16)18-6-15(7-18)8-21-9-15/h1-2,5H,3-4,6-9H2,(H,17,19,20). The number of amides is 2. The third-order valence-electron chi connectivity index (χ3n) is 5.35. The molecule has 1 atom stereocenters. The zero-order chi connectivity index (χ0) is 14.9. The molecule has 0 radical (unpaired) electrons. The summed E-state index contributed by atoms with van der Waals surface area (Å²) in [7, 11) is 0. The van der Waals surface area contributed by atoms with Crippen LogP contribution in [0, 0.1) is 5.41 Å². The van der Waals surface area contributed by atoms with E-state index in [1.807, 2.05) is 12.1 Å². The normalized spacial score (nSPS) is 30.8. The van der Waals surface area contributed by atoms with Gasteiger partial charge < -0.3 is 14.4 Å². The van der Waals surface area contributed by atoms with Crippen LogP contribution in [0.25, 0.3) is 0 Å². The van der Waals surface area contributed by atoms with Gasteiger partial charge in [0.05, 0.1) is 18.6 Å². The Balaban J connectivity index is 1.44. The van der Waals surface area contributed by atoms with E-state index in [1.54, 1.807) is 0 Å². The summed E-state index contributed by atoms with van der Waals surface area (Å²) in [6, 6.07) is 6.10. The van der Waals surface area contributed by atoms with Crippen molar-refractivity contribution in [2.24, 2.45) is 5.41 Å². The largest absolute Gasteiger partial charge is 0.427 e. The van der Waals surface area contributed by atoms with E-state index in [0.717, 1.165) is 43.9 Å². The van der Waals surface area contributed by atoms with Gasteiger partial charge in [-0.3, -0.25) is 10.1 Å². The second kappa shape index (κ2) is 3.81. The minimum absolute atomic E-state index is 0.335. The Labute approximate surface area is 127 Å². The van der Waals surface area contributed by atoms with Crippen LogP contribution in [0.2, 0.25) is 0 Å². The predicted molar refractivity (Wildman–Crippen MR) is 76.5 cm³/mol. The number of benzene rings is 1. The number of anilines is 1. The zero-order valence-electron chi connectivity index (χ0n) is 12.1. The molecule has 2 spiro atoms. The van der Waals surface area contributed by atoms with Crippen molar-refractivity contribution in [1.29, 1.82) is 0 Å². The van der Waals surface area contributed by atoms with Crippen LogP contribution in [0.15, 0.2) is 18.2 Å². The molecule has 3 aliphatic heterocycles. The van der Waals surface area contributed by atoms with Crippen LogP contribution in [0.4, 0.5) is 10.5 Å². The number of aryl methyl sites for hydroxylation is 1. The van der Waals surface area contributed by atoms with Gasteiger partial charge in [-0.25, -0.2) is 4.79 Å². The Morgan fingerprint density at radius 3 is 2.64 bits per heavy atom. The van der Waals surface area contributed by atoms with E-state index in [2.05, 4.69) is 16.3 Å². The number of hydrogen-bond donors (Lipinski definition) is 1. The monoisotopic (exact) mass is 300 g/mol. The number of imide groups is 1. The minimum atomic E-state index is -1.09. The Morgan fingerprint density at radius 2 is 2.00 bits per heavy atom. The number of rotatable bonds is 1. The minimum Gasteiger partial charge on any atom is -0.427 e. The van der Waals surface area contributed by atoms with Crippen molar-refractivity contribution in [3.63, 3.8) is 0 Å². The van der Waals surface area contributed by atoms with Gasteiger partial charge in [0.2, 0.25) is 5.60 Å². The van der Waals surface area contributed by atoms with Crippen molar-refractivity contribution >= 4 is 17.7 Å². The van der Waals surface area contributed by atoms with E-state index in [1.165, 1.54) is 5.69 Å². The smallest absolute Gasteiger partial charge is 0.415 e. The maximum Gasteiger partial charge on any atom is 0.415 e. The number of nitrogens with zero attached hydrogens (tertiary/aromatic N) is 1. The molecule has 0 bridgehead atoms. The Bertz CT molecular complexity index is 704. The number of alkyl carbamates (subject to hydrolysis) is 1. The molecule has 3 saturated heterocycles. The molecule has 3 fully saturated rings. The van der Waals surface area contributed by atoms with Gasteiger partial charge in [-0.15, -0.1) is 0 Å². The van der Waals surface area contributed by atoms with E-state index < -0.39 is 11.7 Å². The average Bonchev–Trinajstić information content (AvgIpc) is 2.88.